The van der Waals surface area contributed by atoms with Crippen molar-refractivity contribution in [3.8, 4) is 0 Å². The summed E-state index contributed by atoms with van der Waals surface area (Å²) in [6.45, 7) is 2.24. The van der Waals surface area contributed by atoms with Crippen molar-refractivity contribution >= 4 is 11.7 Å². The van der Waals surface area contributed by atoms with Crippen LogP contribution in [-0.4, -0.2) is 18.2 Å². The van der Waals surface area contributed by atoms with Crippen LogP contribution in [0.15, 0.2) is 48.5 Å². The highest BCUT2D eigenvalue weighted by atomic mass is 19.4. The Morgan fingerprint density at radius 1 is 0.923 bits per heavy atom. The van der Waals surface area contributed by atoms with Gasteiger partial charge in [0, 0.05) is 24.9 Å². The van der Waals surface area contributed by atoms with Gasteiger partial charge in [-0.2, -0.15) is 13.2 Å². The molecule has 0 radical (unpaired) electrons. The number of hydrogen-bond donors (Lipinski definition) is 1. The van der Waals surface area contributed by atoms with Crippen molar-refractivity contribution < 1.29 is 22.8 Å². The molecular formula is C20H20F3NO2. The van der Waals surface area contributed by atoms with E-state index < -0.39 is 11.7 Å². The van der Waals surface area contributed by atoms with E-state index in [-0.39, 0.29) is 24.5 Å². The van der Waals surface area contributed by atoms with Gasteiger partial charge >= 0.3 is 6.18 Å². The molecule has 1 amide bonds. The first kappa shape index (κ1) is 19.7. The van der Waals surface area contributed by atoms with Crippen molar-refractivity contribution in [3.05, 3.63) is 70.8 Å². The predicted octanol–water partition coefficient (Wildman–Crippen LogP) is 4.34. The van der Waals surface area contributed by atoms with E-state index in [1.54, 1.807) is 12.1 Å². The lowest BCUT2D eigenvalue weighted by Gasteiger charge is -2.08. The first-order valence-corrected chi connectivity index (χ1v) is 8.28. The summed E-state index contributed by atoms with van der Waals surface area (Å²) in [6.07, 6.45) is -3.72. The maximum Gasteiger partial charge on any atom is 0.416 e. The van der Waals surface area contributed by atoms with Gasteiger partial charge in [-0.25, -0.2) is 0 Å². The Labute approximate surface area is 150 Å². The summed E-state index contributed by atoms with van der Waals surface area (Å²) in [5.74, 6) is -0.347. The average molecular weight is 363 g/mol. The minimum atomic E-state index is -4.35. The van der Waals surface area contributed by atoms with Crippen LogP contribution in [0.5, 0.6) is 0 Å². The van der Waals surface area contributed by atoms with Crippen LogP contribution in [0.3, 0.4) is 0 Å². The molecule has 6 heteroatoms. The zero-order chi connectivity index (χ0) is 19.2. The number of amides is 1. The highest BCUT2D eigenvalue weighted by Crippen LogP contribution is 2.29. The summed E-state index contributed by atoms with van der Waals surface area (Å²) in [5.41, 5.74) is 1.64. The predicted molar refractivity (Wildman–Crippen MR) is 92.9 cm³/mol. The fourth-order valence-corrected chi connectivity index (χ4v) is 2.41. The zero-order valence-corrected chi connectivity index (χ0v) is 14.4. The molecule has 138 valence electrons. The number of rotatable bonds is 7. The molecule has 26 heavy (non-hydrogen) atoms. The molecule has 2 aromatic rings. The molecule has 0 aliphatic heterocycles. The third-order valence-electron chi connectivity index (χ3n) is 3.97. The van der Waals surface area contributed by atoms with Gasteiger partial charge in [0.2, 0.25) is 5.91 Å². The SMILES string of the molecule is Cc1ccc(C(=O)CCC(=O)NCCc2ccc(C(F)(F)F)cc2)cc1. The molecular weight excluding hydrogens is 343 g/mol. The molecule has 0 spiro atoms. The van der Waals surface area contributed by atoms with E-state index in [0.717, 1.165) is 17.7 Å². The second-order valence-electron chi connectivity index (χ2n) is 6.08. The Morgan fingerprint density at radius 3 is 2.12 bits per heavy atom. The van der Waals surface area contributed by atoms with Crippen LogP contribution in [0, 0.1) is 6.92 Å². The number of halogens is 3. The summed E-state index contributed by atoms with van der Waals surface area (Å²) in [5, 5.41) is 2.68. The Balaban J connectivity index is 1.72. The quantitative estimate of drug-likeness (QED) is 0.744. The Morgan fingerprint density at radius 2 is 1.54 bits per heavy atom. The Bertz CT molecular complexity index is 750. The van der Waals surface area contributed by atoms with Crippen LogP contribution >= 0.6 is 0 Å². The summed E-state index contributed by atoms with van der Waals surface area (Å²) in [4.78, 5) is 23.8. The first-order valence-electron chi connectivity index (χ1n) is 8.28. The molecule has 0 bridgehead atoms. The molecule has 0 saturated carbocycles. The van der Waals surface area contributed by atoms with E-state index in [1.807, 2.05) is 19.1 Å². The second kappa shape index (κ2) is 8.65. The number of carbonyl (C=O) groups excluding carboxylic acids is 2. The van der Waals surface area contributed by atoms with Gasteiger partial charge in [-0.05, 0) is 31.0 Å². The van der Waals surface area contributed by atoms with Gasteiger partial charge in [-0.3, -0.25) is 9.59 Å². The van der Waals surface area contributed by atoms with E-state index in [4.69, 9.17) is 0 Å². The number of ketones is 1. The Hall–Kier alpha value is -2.63. The largest absolute Gasteiger partial charge is 0.416 e. The van der Waals surface area contributed by atoms with Crippen LogP contribution in [0.4, 0.5) is 13.2 Å². The molecule has 0 aromatic heterocycles. The van der Waals surface area contributed by atoms with E-state index in [9.17, 15) is 22.8 Å². The lowest BCUT2D eigenvalue weighted by atomic mass is 10.0. The molecule has 0 heterocycles. The van der Waals surface area contributed by atoms with Crippen molar-refractivity contribution in [2.75, 3.05) is 6.54 Å². The van der Waals surface area contributed by atoms with Gasteiger partial charge in [-0.1, -0.05) is 42.0 Å². The zero-order valence-electron chi connectivity index (χ0n) is 14.4. The van der Waals surface area contributed by atoms with Crippen molar-refractivity contribution in [2.24, 2.45) is 0 Å². The number of Topliss-reactive ketones (excluding diaryl/α,β-unsaturated/α-hetero) is 1. The standard InChI is InChI=1S/C20H20F3NO2/c1-14-2-6-16(7-3-14)18(25)10-11-19(26)24-13-12-15-4-8-17(9-5-15)20(21,22)23/h2-9H,10-13H2,1H3,(H,24,26). The highest BCUT2D eigenvalue weighted by molar-refractivity contribution is 5.97. The van der Waals surface area contributed by atoms with Crippen molar-refractivity contribution in [3.63, 3.8) is 0 Å². The normalized spacial score (nSPS) is 11.2. The number of alkyl halides is 3. The molecule has 0 atom stereocenters. The van der Waals surface area contributed by atoms with E-state index in [1.165, 1.54) is 12.1 Å². The minimum Gasteiger partial charge on any atom is -0.356 e. The highest BCUT2D eigenvalue weighted by Gasteiger charge is 2.29. The minimum absolute atomic E-state index is 0.0831. The molecule has 0 aliphatic rings. The summed E-state index contributed by atoms with van der Waals surface area (Å²) >= 11 is 0. The van der Waals surface area contributed by atoms with Gasteiger partial charge in [-0.15, -0.1) is 0 Å². The molecule has 0 unspecified atom stereocenters. The fourth-order valence-electron chi connectivity index (χ4n) is 2.41. The molecule has 2 aromatic carbocycles. The lowest BCUT2D eigenvalue weighted by Crippen LogP contribution is -2.26. The van der Waals surface area contributed by atoms with E-state index in [2.05, 4.69) is 5.32 Å². The van der Waals surface area contributed by atoms with E-state index in [0.29, 0.717) is 24.1 Å². The molecule has 1 N–H and O–H groups in total. The topological polar surface area (TPSA) is 46.2 Å². The maximum absolute atomic E-state index is 12.5. The van der Waals surface area contributed by atoms with Crippen LogP contribution in [-0.2, 0) is 17.4 Å². The van der Waals surface area contributed by atoms with Gasteiger partial charge < -0.3 is 5.32 Å². The van der Waals surface area contributed by atoms with Crippen molar-refractivity contribution in [2.45, 2.75) is 32.4 Å². The molecule has 3 nitrogen and oxygen atoms in total. The van der Waals surface area contributed by atoms with Crippen LogP contribution in [0.25, 0.3) is 0 Å². The number of hydrogen-bond acceptors (Lipinski definition) is 2. The number of carbonyl (C=O) groups is 2. The van der Waals surface area contributed by atoms with Crippen molar-refractivity contribution in [1.29, 1.82) is 0 Å². The van der Waals surface area contributed by atoms with Gasteiger partial charge in [0.25, 0.3) is 0 Å². The first-order chi connectivity index (χ1) is 12.3. The van der Waals surface area contributed by atoms with E-state index >= 15 is 0 Å². The summed E-state index contributed by atoms with van der Waals surface area (Å²) in [6, 6.07) is 12.0. The van der Waals surface area contributed by atoms with Crippen LogP contribution in [0.1, 0.15) is 39.9 Å². The third-order valence-corrected chi connectivity index (χ3v) is 3.97. The van der Waals surface area contributed by atoms with Crippen LogP contribution < -0.4 is 5.32 Å². The molecule has 0 saturated heterocycles. The number of benzene rings is 2. The molecule has 0 aliphatic carbocycles. The number of nitrogens with one attached hydrogen (secondary N) is 1. The lowest BCUT2D eigenvalue weighted by molar-refractivity contribution is -0.137. The fraction of sp³-hybridized carbons (Fsp3) is 0.300. The molecule has 2 rings (SSSR count). The van der Waals surface area contributed by atoms with Crippen molar-refractivity contribution in [1.82, 2.24) is 5.32 Å². The second-order valence-corrected chi connectivity index (χ2v) is 6.08. The molecule has 0 fully saturated rings. The smallest absolute Gasteiger partial charge is 0.356 e. The third kappa shape index (κ3) is 6.02. The Kier molecular flexibility index (Phi) is 6.55. The van der Waals surface area contributed by atoms with Gasteiger partial charge in [0.05, 0.1) is 5.56 Å². The van der Waals surface area contributed by atoms with Gasteiger partial charge in [0.1, 0.15) is 0 Å². The number of aryl methyl sites for hydroxylation is 1. The summed E-state index contributed by atoms with van der Waals surface area (Å²) < 4.78 is 37.5. The monoisotopic (exact) mass is 363 g/mol. The average Bonchev–Trinajstić information content (AvgIpc) is 2.60. The van der Waals surface area contributed by atoms with Crippen LogP contribution in [0.2, 0.25) is 0 Å². The maximum atomic E-state index is 12.5. The summed E-state index contributed by atoms with van der Waals surface area (Å²) in [7, 11) is 0. The van der Waals surface area contributed by atoms with Gasteiger partial charge in [0.15, 0.2) is 5.78 Å².